The first-order valence-electron chi connectivity index (χ1n) is 7.18. The van der Waals surface area contributed by atoms with E-state index < -0.39 is 0 Å². The maximum Gasteiger partial charge on any atom is 0.147 e. The van der Waals surface area contributed by atoms with E-state index in [9.17, 15) is 5.11 Å². The van der Waals surface area contributed by atoms with Gasteiger partial charge in [-0.3, -0.25) is 4.98 Å². The lowest BCUT2D eigenvalue weighted by Gasteiger charge is -2.30. The van der Waals surface area contributed by atoms with Gasteiger partial charge in [0.1, 0.15) is 5.82 Å². The van der Waals surface area contributed by atoms with Crippen LogP contribution < -0.4 is 4.90 Å². The van der Waals surface area contributed by atoms with Gasteiger partial charge < -0.3 is 10.0 Å². The Balaban J connectivity index is 1.93. The summed E-state index contributed by atoms with van der Waals surface area (Å²) < 4.78 is 0. The molecule has 1 atom stereocenters. The number of para-hydroxylation sites is 2. The maximum atomic E-state index is 10.00. The van der Waals surface area contributed by atoms with E-state index in [2.05, 4.69) is 23.7 Å². The molecule has 0 aliphatic carbocycles. The monoisotopic (exact) mass is 271 g/mol. The Morgan fingerprint density at radius 3 is 2.80 bits per heavy atom. The number of hydrogen-bond donors (Lipinski definition) is 1. The quantitative estimate of drug-likeness (QED) is 0.866. The van der Waals surface area contributed by atoms with E-state index in [4.69, 9.17) is 4.98 Å². The largest absolute Gasteiger partial charge is 0.393 e. The van der Waals surface area contributed by atoms with Crippen molar-refractivity contribution < 1.29 is 5.11 Å². The Morgan fingerprint density at radius 1 is 1.25 bits per heavy atom. The highest BCUT2D eigenvalue weighted by Crippen LogP contribution is 2.30. The lowest BCUT2D eigenvalue weighted by atomic mass is 9.87. The van der Waals surface area contributed by atoms with Crippen LogP contribution in [0.5, 0.6) is 0 Å². The van der Waals surface area contributed by atoms with Crippen LogP contribution in [0.2, 0.25) is 0 Å². The normalized spacial score (nSPS) is 22.8. The Labute approximate surface area is 119 Å². The minimum Gasteiger partial charge on any atom is -0.393 e. The summed E-state index contributed by atoms with van der Waals surface area (Å²) in [5.41, 5.74) is 1.93. The number of aliphatic hydroxyl groups excluding tert-OH is 1. The molecular formula is C16H21N3O. The van der Waals surface area contributed by atoms with Crippen LogP contribution in [0, 0.1) is 5.41 Å². The van der Waals surface area contributed by atoms with E-state index in [0.29, 0.717) is 0 Å². The maximum absolute atomic E-state index is 10.00. The average Bonchev–Trinajstić information content (AvgIpc) is 2.55. The van der Waals surface area contributed by atoms with E-state index in [-0.39, 0.29) is 11.5 Å². The Kier molecular flexibility index (Phi) is 3.34. The highest BCUT2D eigenvalue weighted by atomic mass is 16.3. The zero-order valence-corrected chi connectivity index (χ0v) is 12.1. The lowest BCUT2D eigenvalue weighted by Crippen LogP contribution is -2.33. The Hall–Kier alpha value is -1.68. The SMILES string of the molecule is CC1(C)CC(O)CCN(c2cnc3ccccc3n2)C1. The van der Waals surface area contributed by atoms with Gasteiger partial charge in [0.05, 0.1) is 23.3 Å². The molecule has 1 saturated heterocycles. The number of aromatic nitrogens is 2. The summed E-state index contributed by atoms with van der Waals surface area (Å²) >= 11 is 0. The predicted molar refractivity (Wildman–Crippen MR) is 80.8 cm³/mol. The van der Waals surface area contributed by atoms with Gasteiger partial charge in [0.25, 0.3) is 0 Å². The molecule has 106 valence electrons. The fourth-order valence-electron chi connectivity index (χ4n) is 3.00. The number of fused-ring (bicyclic) bond motifs is 1. The van der Waals surface area contributed by atoms with Crippen LogP contribution in [0.25, 0.3) is 11.0 Å². The molecule has 1 fully saturated rings. The topological polar surface area (TPSA) is 49.2 Å². The lowest BCUT2D eigenvalue weighted by molar-refractivity contribution is 0.123. The molecule has 1 N–H and O–H groups in total. The summed E-state index contributed by atoms with van der Waals surface area (Å²) in [4.78, 5) is 11.4. The Bertz CT molecular complexity index is 611. The number of nitrogens with zero attached hydrogens (tertiary/aromatic N) is 3. The molecule has 4 heteroatoms. The zero-order chi connectivity index (χ0) is 14.2. The molecule has 2 heterocycles. The second-order valence-electron chi connectivity index (χ2n) is 6.45. The summed E-state index contributed by atoms with van der Waals surface area (Å²) in [6, 6.07) is 7.92. The first kappa shape index (κ1) is 13.3. The summed E-state index contributed by atoms with van der Waals surface area (Å²) in [5.74, 6) is 0.908. The third-order valence-electron chi connectivity index (χ3n) is 3.90. The zero-order valence-electron chi connectivity index (χ0n) is 12.1. The van der Waals surface area contributed by atoms with Gasteiger partial charge in [0.2, 0.25) is 0 Å². The molecule has 1 aliphatic rings. The summed E-state index contributed by atoms with van der Waals surface area (Å²) in [5, 5.41) is 10.00. The number of benzene rings is 1. The van der Waals surface area contributed by atoms with E-state index >= 15 is 0 Å². The molecule has 1 aromatic carbocycles. The van der Waals surface area contributed by atoms with Crippen molar-refractivity contribution in [3.8, 4) is 0 Å². The number of rotatable bonds is 1. The van der Waals surface area contributed by atoms with Crippen LogP contribution in [0.15, 0.2) is 30.5 Å². The van der Waals surface area contributed by atoms with Crippen molar-refractivity contribution >= 4 is 16.9 Å². The van der Waals surface area contributed by atoms with Crippen molar-refractivity contribution in [2.24, 2.45) is 5.41 Å². The molecular weight excluding hydrogens is 250 g/mol. The second kappa shape index (κ2) is 5.02. The van der Waals surface area contributed by atoms with Gasteiger partial charge >= 0.3 is 0 Å². The van der Waals surface area contributed by atoms with Crippen molar-refractivity contribution in [3.05, 3.63) is 30.5 Å². The van der Waals surface area contributed by atoms with Crippen LogP contribution >= 0.6 is 0 Å². The van der Waals surface area contributed by atoms with Crippen LogP contribution in [-0.4, -0.2) is 34.3 Å². The standard InChI is InChI=1S/C16H21N3O/c1-16(2)9-12(20)7-8-19(11-16)15-10-17-13-5-3-4-6-14(13)18-15/h3-6,10,12,20H,7-9,11H2,1-2H3. The predicted octanol–water partition coefficient (Wildman–Crippen LogP) is 2.62. The molecule has 0 saturated carbocycles. The summed E-state index contributed by atoms with van der Waals surface area (Å²) in [6.07, 6.45) is 3.25. The number of anilines is 1. The van der Waals surface area contributed by atoms with E-state index in [0.717, 1.165) is 42.8 Å². The number of aliphatic hydroxyl groups is 1. The molecule has 1 unspecified atom stereocenters. The van der Waals surface area contributed by atoms with Gasteiger partial charge in [-0.15, -0.1) is 0 Å². The fraction of sp³-hybridized carbons (Fsp3) is 0.500. The van der Waals surface area contributed by atoms with Gasteiger partial charge in [-0.2, -0.15) is 0 Å². The first-order chi connectivity index (χ1) is 9.53. The summed E-state index contributed by atoms with van der Waals surface area (Å²) in [7, 11) is 0. The van der Waals surface area contributed by atoms with Gasteiger partial charge in [0.15, 0.2) is 0 Å². The van der Waals surface area contributed by atoms with Crippen LogP contribution in [0.3, 0.4) is 0 Å². The van der Waals surface area contributed by atoms with Crippen LogP contribution in [0.4, 0.5) is 5.82 Å². The van der Waals surface area contributed by atoms with Crippen molar-refractivity contribution in [1.82, 2.24) is 9.97 Å². The number of hydrogen-bond acceptors (Lipinski definition) is 4. The van der Waals surface area contributed by atoms with Gasteiger partial charge in [-0.1, -0.05) is 26.0 Å². The van der Waals surface area contributed by atoms with Crippen molar-refractivity contribution in [2.75, 3.05) is 18.0 Å². The van der Waals surface area contributed by atoms with Crippen LogP contribution in [-0.2, 0) is 0 Å². The van der Waals surface area contributed by atoms with Gasteiger partial charge in [-0.25, -0.2) is 4.98 Å². The van der Waals surface area contributed by atoms with Gasteiger partial charge in [0, 0.05) is 13.1 Å². The third-order valence-corrected chi connectivity index (χ3v) is 3.90. The molecule has 0 amide bonds. The molecule has 0 bridgehead atoms. The molecule has 20 heavy (non-hydrogen) atoms. The molecule has 0 spiro atoms. The van der Waals surface area contributed by atoms with Crippen molar-refractivity contribution in [3.63, 3.8) is 0 Å². The molecule has 1 aromatic heterocycles. The van der Waals surface area contributed by atoms with E-state index in [1.165, 1.54) is 0 Å². The second-order valence-corrected chi connectivity index (χ2v) is 6.45. The molecule has 2 aromatic rings. The first-order valence-corrected chi connectivity index (χ1v) is 7.18. The molecule has 1 aliphatic heterocycles. The third kappa shape index (κ3) is 2.75. The average molecular weight is 271 g/mol. The van der Waals surface area contributed by atoms with E-state index in [1.807, 2.05) is 30.5 Å². The molecule has 0 radical (unpaired) electrons. The minimum atomic E-state index is -0.219. The smallest absolute Gasteiger partial charge is 0.147 e. The summed E-state index contributed by atoms with van der Waals surface area (Å²) in [6.45, 7) is 6.13. The molecule has 3 rings (SSSR count). The fourth-order valence-corrected chi connectivity index (χ4v) is 3.00. The van der Waals surface area contributed by atoms with Crippen molar-refractivity contribution in [2.45, 2.75) is 32.8 Å². The van der Waals surface area contributed by atoms with Gasteiger partial charge in [-0.05, 0) is 30.4 Å². The van der Waals surface area contributed by atoms with Crippen LogP contribution in [0.1, 0.15) is 26.7 Å². The van der Waals surface area contributed by atoms with E-state index in [1.54, 1.807) is 0 Å². The van der Waals surface area contributed by atoms with Crippen molar-refractivity contribution in [1.29, 1.82) is 0 Å². The highest BCUT2D eigenvalue weighted by molar-refractivity contribution is 5.75. The Morgan fingerprint density at radius 2 is 2.00 bits per heavy atom. The molecule has 4 nitrogen and oxygen atoms in total. The minimum absolute atomic E-state index is 0.0865. The highest BCUT2D eigenvalue weighted by Gasteiger charge is 2.29.